The molecular weight excluding hydrogens is 236 g/mol. The molecule has 2 fully saturated rings. The van der Waals surface area contributed by atoms with E-state index in [9.17, 15) is 19.8 Å². The molecule has 0 spiro atoms. The maximum Gasteiger partial charge on any atom is 0.328 e. The van der Waals surface area contributed by atoms with Gasteiger partial charge in [0.1, 0.15) is 0 Å². The molecule has 6 nitrogen and oxygen atoms in total. The average Bonchev–Trinajstić information content (AvgIpc) is 3.01. The predicted octanol–water partition coefficient (Wildman–Crippen LogP) is -0.912. The third-order valence-corrected chi connectivity index (χ3v) is 4.71. The molecule has 0 radical (unpaired) electrons. The second-order valence-corrected chi connectivity index (χ2v) is 5.40. The quantitative estimate of drug-likeness (QED) is 0.649. The lowest BCUT2D eigenvalue weighted by Crippen LogP contribution is -2.31. The molecule has 1 heterocycles. The molecule has 3 N–H and O–H groups in total. The van der Waals surface area contributed by atoms with Crippen molar-refractivity contribution in [1.29, 1.82) is 0 Å². The Morgan fingerprint density at radius 2 is 2.22 bits per heavy atom. The molecule has 0 aromatic carbocycles. The van der Waals surface area contributed by atoms with Crippen molar-refractivity contribution in [3.8, 4) is 0 Å². The number of aromatic amines is 1. The standard InChI is InChI=1S/C12H16N2O4/c15-5-7-3-9(8-4-12(7,8)6-16)14-2-1-10(17)13-11(14)18/h1-2,7-9,15-16H,3-6H2,(H,13,17,18)/t7-,8+,9+,12?/m1/s1. The Bertz CT molecular complexity index is 578. The third-order valence-electron chi connectivity index (χ3n) is 4.71. The Hall–Kier alpha value is -1.40. The highest BCUT2D eigenvalue weighted by atomic mass is 16.3. The van der Waals surface area contributed by atoms with Crippen LogP contribution in [0.15, 0.2) is 21.9 Å². The molecule has 0 bridgehead atoms. The van der Waals surface area contributed by atoms with Crippen LogP contribution in [-0.2, 0) is 0 Å². The van der Waals surface area contributed by atoms with Crippen molar-refractivity contribution in [3.63, 3.8) is 0 Å². The van der Waals surface area contributed by atoms with E-state index in [0.29, 0.717) is 6.42 Å². The number of aromatic nitrogens is 2. The molecule has 1 aromatic rings. The normalized spacial score (nSPS) is 37.6. The van der Waals surface area contributed by atoms with Crippen LogP contribution in [0, 0.1) is 17.3 Å². The van der Waals surface area contributed by atoms with Crippen molar-refractivity contribution in [2.45, 2.75) is 18.9 Å². The summed E-state index contributed by atoms with van der Waals surface area (Å²) in [7, 11) is 0. The fourth-order valence-electron chi connectivity index (χ4n) is 3.59. The van der Waals surface area contributed by atoms with Gasteiger partial charge in [-0.05, 0) is 24.7 Å². The van der Waals surface area contributed by atoms with Gasteiger partial charge in [0.05, 0.1) is 0 Å². The number of hydrogen-bond donors (Lipinski definition) is 3. The number of nitrogens with one attached hydrogen (secondary N) is 1. The van der Waals surface area contributed by atoms with Gasteiger partial charge in [-0.3, -0.25) is 14.3 Å². The Morgan fingerprint density at radius 1 is 1.44 bits per heavy atom. The number of nitrogens with zero attached hydrogens (tertiary/aromatic N) is 1. The molecule has 2 aliphatic rings. The molecule has 1 unspecified atom stereocenters. The van der Waals surface area contributed by atoms with Crippen LogP contribution in [0.4, 0.5) is 0 Å². The van der Waals surface area contributed by atoms with Gasteiger partial charge < -0.3 is 10.2 Å². The van der Waals surface area contributed by atoms with E-state index < -0.39 is 11.2 Å². The molecular formula is C12H16N2O4. The first-order valence-electron chi connectivity index (χ1n) is 6.15. The largest absolute Gasteiger partial charge is 0.396 e. The average molecular weight is 252 g/mol. The van der Waals surface area contributed by atoms with Crippen LogP contribution < -0.4 is 11.2 Å². The molecule has 6 heteroatoms. The zero-order valence-corrected chi connectivity index (χ0v) is 9.87. The van der Waals surface area contributed by atoms with E-state index in [1.54, 1.807) is 0 Å². The first-order valence-corrected chi connectivity index (χ1v) is 6.15. The third kappa shape index (κ3) is 1.42. The Labute approximate surface area is 103 Å². The summed E-state index contributed by atoms with van der Waals surface area (Å²) in [4.78, 5) is 25.0. The highest BCUT2D eigenvalue weighted by Gasteiger charge is 2.66. The first-order chi connectivity index (χ1) is 8.62. The van der Waals surface area contributed by atoms with Crippen LogP contribution >= 0.6 is 0 Å². The van der Waals surface area contributed by atoms with Crippen LogP contribution in [0.5, 0.6) is 0 Å². The summed E-state index contributed by atoms with van der Waals surface area (Å²) in [5.74, 6) is 0.264. The Morgan fingerprint density at radius 3 is 2.78 bits per heavy atom. The Balaban J connectivity index is 1.96. The molecule has 98 valence electrons. The summed E-state index contributed by atoms with van der Waals surface area (Å²) in [5.41, 5.74) is -1.03. The zero-order valence-electron chi connectivity index (χ0n) is 9.87. The molecule has 18 heavy (non-hydrogen) atoms. The lowest BCUT2D eigenvalue weighted by Gasteiger charge is -2.19. The summed E-state index contributed by atoms with van der Waals surface area (Å²) in [6.45, 7) is 0.0865. The van der Waals surface area contributed by atoms with Crippen LogP contribution in [-0.4, -0.2) is 33.0 Å². The minimum atomic E-state index is -0.412. The van der Waals surface area contributed by atoms with Gasteiger partial charge in [-0.1, -0.05) is 0 Å². The van der Waals surface area contributed by atoms with E-state index in [2.05, 4.69) is 4.98 Å². The molecule has 1 aromatic heterocycles. The zero-order chi connectivity index (χ0) is 12.9. The van der Waals surface area contributed by atoms with Crippen molar-refractivity contribution in [2.24, 2.45) is 17.3 Å². The fraction of sp³-hybridized carbons (Fsp3) is 0.667. The van der Waals surface area contributed by atoms with Gasteiger partial charge in [-0.2, -0.15) is 0 Å². The van der Waals surface area contributed by atoms with E-state index in [4.69, 9.17) is 0 Å². The van der Waals surface area contributed by atoms with Gasteiger partial charge >= 0.3 is 5.69 Å². The highest BCUT2D eigenvalue weighted by Crippen LogP contribution is 2.69. The minimum Gasteiger partial charge on any atom is -0.396 e. The topological polar surface area (TPSA) is 95.3 Å². The van der Waals surface area contributed by atoms with E-state index in [1.165, 1.54) is 16.8 Å². The molecule has 0 saturated heterocycles. The second-order valence-electron chi connectivity index (χ2n) is 5.40. The van der Waals surface area contributed by atoms with Crippen molar-refractivity contribution >= 4 is 0 Å². The molecule has 2 saturated carbocycles. The SMILES string of the molecule is O=c1ccn([C@H]2C[C@H](CO)C3(CO)C[C@@H]23)c(=O)[nH]1. The lowest BCUT2D eigenvalue weighted by molar-refractivity contribution is 0.112. The lowest BCUT2D eigenvalue weighted by atomic mass is 9.92. The van der Waals surface area contributed by atoms with Gasteiger partial charge in [-0.15, -0.1) is 0 Å². The summed E-state index contributed by atoms with van der Waals surface area (Å²) < 4.78 is 1.53. The van der Waals surface area contributed by atoms with Crippen LogP contribution in [0.2, 0.25) is 0 Å². The summed E-state index contributed by atoms with van der Waals surface area (Å²) in [5, 5.41) is 18.9. The summed E-state index contributed by atoms with van der Waals surface area (Å²) >= 11 is 0. The number of aliphatic hydroxyl groups excluding tert-OH is 2. The van der Waals surface area contributed by atoms with E-state index >= 15 is 0 Å². The maximum atomic E-state index is 11.8. The number of aliphatic hydroxyl groups is 2. The van der Waals surface area contributed by atoms with Gasteiger partial charge in [0, 0.05) is 36.9 Å². The van der Waals surface area contributed by atoms with Crippen molar-refractivity contribution in [3.05, 3.63) is 33.1 Å². The highest BCUT2D eigenvalue weighted by molar-refractivity contribution is 5.16. The molecule has 4 atom stereocenters. The minimum absolute atomic E-state index is 0.0290. The monoisotopic (exact) mass is 252 g/mol. The fourth-order valence-corrected chi connectivity index (χ4v) is 3.59. The summed E-state index contributed by atoms with van der Waals surface area (Å²) in [6.07, 6.45) is 3.02. The number of H-pyrrole nitrogens is 1. The number of rotatable bonds is 3. The smallest absolute Gasteiger partial charge is 0.328 e. The Kier molecular flexibility index (Phi) is 2.46. The van der Waals surface area contributed by atoms with E-state index in [0.717, 1.165) is 6.42 Å². The van der Waals surface area contributed by atoms with E-state index in [1.807, 2.05) is 0 Å². The van der Waals surface area contributed by atoms with Gasteiger partial charge in [-0.25, -0.2) is 4.79 Å². The molecule has 0 aliphatic heterocycles. The number of fused-ring (bicyclic) bond motifs is 1. The van der Waals surface area contributed by atoms with Gasteiger partial charge in [0.25, 0.3) is 5.56 Å². The molecule has 2 aliphatic carbocycles. The second kappa shape index (κ2) is 3.80. The van der Waals surface area contributed by atoms with Crippen molar-refractivity contribution in [1.82, 2.24) is 9.55 Å². The first kappa shape index (κ1) is 11.7. The predicted molar refractivity (Wildman–Crippen MR) is 63.2 cm³/mol. The van der Waals surface area contributed by atoms with Crippen molar-refractivity contribution < 1.29 is 10.2 Å². The van der Waals surface area contributed by atoms with Crippen LogP contribution in [0.1, 0.15) is 18.9 Å². The van der Waals surface area contributed by atoms with Crippen LogP contribution in [0.25, 0.3) is 0 Å². The molecule has 0 amide bonds. The maximum absolute atomic E-state index is 11.8. The molecule has 3 rings (SSSR count). The van der Waals surface area contributed by atoms with Crippen LogP contribution in [0.3, 0.4) is 0 Å². The van der Waals surface area contributed by atoms with Gasteiger partial charge in [0.15, 0.2) is 0 Å². The van der Waals surface area contributed by atoms with Gasteiger partial charge in [0.2, 0.25) is 0 Å². The summed E-state index contributed by atoms with van der Waals surface area (Å²) in [6, 6.07) is 1.30. The van der Waals surface area contributed by atoms with Crippen molar-refractivity contribution in [2.75, 3.05) is 13.2 Å². The number of hydrogen-bond acceptors (Lipinski definition) is 4. The van der Waals surface area contributed by atoms with E-state index in [-0.39, 0.29) is 36.5 Å².